The summed E-state index contributed by atoms with van der Waals surface area (Å²) in [5, 5.41) is 2.70. The molecular weight excluding hydrogens is 306 g/mol. The monoisotopic (exact) mass is 327 g/mol. The van der Waals surface area contributed by atoms with E-state index in [1.165, 1.54) is 7.11 Å². The first-order valence-electron chi connectivity index (χ1n) is 7.77. The van der Waals surface area contributed by atoms with Crippen molar-refractivity contribution in [2.75, 3.05) is 12.4 Å². The molecule has 0 aliphatic rings. The van der Waals surface area contributed by atoms with Gasteiger partial charge in [0.25, 0.3) is 5.91 Å². The Balaban J connectivity index is 1.83. The minimum Gasteiger partial charge on any atom is -0.495 e. The van der Waals surface area contributed by atoms with Gasteiger partial charge in [-0.15, -0.1) is 0 Å². The summed E-state index contributed by atoms with van der Waals surface area (Å²) in [5.74, 6) is -0.248. The second kappa shape index (κ2) is 8.72. The first-order chi connectivity index (χ1) is 11.6. The van der Waals surface area contributed by atoms with E-state index in [0.717, 1.165) is 5.56 Å². The maximum atomic E-state index is 12.1. The standard InChI is InChI=1S/C19H21NO4/c1-14(19(22)20-16-10-6-7-11-17(16)23-2)24-18(21)13-12-15-8-4-3-5-9-15/h3-11,14H,12-13H2,1-2H3,(H,20,22)/t14-/m1/s1. The van der Waals surface area contributed by atoms with Gasteiger partial charge >= 0.3 is 5.97 Å². The van der Waals surface area contributed by atoms with Gasteiger partial charge in [0.05, 0.1) is 12.8 Å². The molecule has 0 aliphatic carbocycles. The van der Waals surface area contributed by atoms with Crippen LogP contribution in [0.25, 0.3) is 0 Å². The second-order valence-electron chi connectivity index (χ2n) is 5.31. The van der Waals surface area contributed by atoms with E-state index in [4.69, 9.17) is 9.47 Å². The van der Waals surface area contributed by atoms with Crippen molar-refractivity contribution in [3.8, 4) is 5.75 Å². The lowest BCUT2D eigenvalue weighted by Gasteiger charge is -2.15. The van der Waals surface area contributed by atoms with Gasteiger partial charge in [-0.3, -0.25) is 9.59 Å². The van der Waals surface area contributed by atoms with E-state index in [1.54, 1.807) is 25.1 Å². The topological polar surface area (TPSA) is 64.6 Å². The Labute approximate surface area is 141 Å². The maximum Gasteiger partial charge on any atom is 0.306 e. The molecule has 2 aromatic carbocycles. The molecule has 1 amide bonds. The van der Waals surface area contributed by atoms with Crippen LogP contribution in [0.1, 0.15) is 18.9 Å². The van der Waals surface area contributed by atoms with Crippen LogP contribution in [-0.4, -0.2) is 25.1 Å². The van der Waals surface area contributed by atoms with E-state index in [0.29, 0.717) is 17.9 Å². The van der Waals surface area contributed by atoms with E-state index < -0.39 is 18.0 Å². The highest BCUT2D eigenvalue weighted by Crippen LogP contribution is 2.23. The molecule has 0 spiro atoms. The lowest BCUT2D eigenvalue weighted by atomic mass is 10.1. The number of aryl methyl sites for hydroxylation is 1. The number of methoxy groups -OCH3 is 1. The number of rotatable bonds is 7. The largest absolute Gasteiger partial charge is 0.495 e. The van der Waals surface area contributed by atoms with Gasteiger partial charge in [-0.25, -0.2) is 0 Å². The van der Waals surface area contributed by atoms with Crippen molar-refractivity contribution in [1.82, 2.24) is 0 Å². The summed E-state index contributed by atoms with van der Waals surface area (Å²) >= 11 is 0. The van der Waals surface area contributed by atoms with Gasteiger partial charge in [-0.05, 0) is 31.0 Å². The summed E-state index contributed by atoms with van der Waals surface area (Å²) in [6.45, 7) is 1.55. The molecule has 0 unspecified atom stereocenters. The highest BCUT2D eigenvalue weighted by Gasteiger charge is 2.19. The van der Waals surface area contributed by atoms with E-state index in [2.05, 4.69) is 5.32 Å². The fourth-order valence-corrected chi connectivity index (χ4v) is 2.18. The highest BCUT2D eigenvalue weighted by molar-refractivity contribution is 5.96. The number of esters is 1. The third-order valence-electron chi connectivity index (χ3n) is 3.50. The fourth-order valence-electron chi connectivity index (χ4n) is 2.18. The van der Waals surface area contributed by atoms with Crippen molar-refractivity contribution >= 4 is 17.6 Å². The number of benzene rings is 2. The van der Waals surface area contributed by atoms with Crippen LogP contribution < -0.4 is 10.1 Å². The molecule has 126 valence electrons. The molecule has 5 heteroatoms. The van der Waals surface area contributed by atoms with Crippen molar-refractivity contribution in [3.63, 3.8) is 0 Å². The number of amides is 1. The predicted molar refractivity (Wildman–Crippen MR) is 91.9 cm³/mol. The van der Waals surface area contributed by atoms with Crippen LogP contribution in [-0.2, 0) is 20.7 Å². The van der Waals surface area contributed by atoms with Crippen LogP contribution in [0, 0.1) is 0 Å². The van der Waals surface area contributed by atoms with E-state index >= 15 is 0 Å². The Morgan fingerprint density at radius 2 is 1.71 bits per heavy atom. The summed E-state index contributed by atoms with van der Waals surface area (Å²) in [5.41, 5.74) is 1.60. The third-order valence-corrected chi connectivity index (χ3v) is 3.50. The van der Waals surface area contributed by atoms with Crippen molar-refractivity contribution in [2.24, 2.45) is 0 Å². The number of carbonyl (C=O) groups is 2. The number of hydrogen-bond donors (Lipinski definition) is 1. The van der Waals surface area contributed by atoms with Crippen molar-refractivity contribution < 1.29 is 19.1 Å². The van der Waals surface area contributed by atoms with E-state index in [9.17, 15) is 9.59 Å². The van der Waals surface area contributed by atoms with Gasteiger partial charge < -0.3 is 14.8 Å². The average molecular weight is 327 g/mol. The highest BCUT2D eigenvalue weighted by atomic mass is 16.5. The van der Waals surface area contributed by atoms with Gasteiger partial charge in [-0.2, -0.15) is 0 Å². The average Bonchev–Trinajstić information content (AvgIpc) is 2.61. The smallest absolute Gasteiger partial charge is 0.306 e. The predicted octanol–water partition coefficient (Wildman–Crippen LogP) is 3.20. The van der Waals surface area contributed by atoms with Gasteiger partial charge in [0.2, 0.25) is 0 Å². The summed E-state index contributed by atoms with van der Waals surface area (Å²) < 4.78 is 10.4. The number of carbonyl (C=O) groups excluding carboxylic acids is 2. The van der Waals surface area contributed by atoms with Crippen LogP contribution in [0.3, 0.4) is 0 Å². The molecule has 0 aliphatic heterocycles. The van der Waals surface area contributed by atoms with Gasteiger partial charge in [0.1, 0.15) is 5.75 Å². The van der Waals surface area contributed by atoms with Crippen LogP contribution in [0.4, 0.5) is 5.69 Å². The third kappa shape index (κ3) is 5.12. The second-order valence-corrected chi connectivity index (χ2v) is 5.31. The molecule has 24 heavy (non-hydrogen) atoms. The van der Waals surface area contributed by atoms with Crippen molar-refractivity contribution in [3.05, 3.63) is 60.2 Å². The SMILES string of the molecule is COc1ccccc1NC(=O)[C@@H](C)OC(=O)CCc1ccccc1. The molecule has 1 N–H and O–H groups in total. The molecule has 0 radical (unpaired) electrons. The van der Waals surface area contributed by atoms with E-state index in [-0.39, 0.29) is 6.42 Å². The zero-order valence-corrected chi connectivity index (χ0v) is 13.8. The number of ether oxygens (including phenoxy) is 2. The number of para-hydroxylation sites is 2. The minimum atomic E-state index is -0.877. The summed E-state index contributed by atoms with van der Waals surface area (Å²) in [4.78, 5) is 24.0. The maximum absolute atomic E-state index is 12.1. The first-order valence-corrected chi connectivity index (χ1v) is 7.77. The lowest BCUT2D eigenvalue weighted by Crippen LogP contribution is -2.30. The van der Waals surface area contributed by atoms with E-state index in [1.807, 2.05) is 36.4 Å². The molecule has 5 nitrogen and oxygen atoms in total. The number of hydrogen-bond acceptors (Lipinski definition) is 4. The molecule has 1 atom stereocenters. The lowest BCUT2D eigenvalue weighted by molar-refractivity contribution is -0.153. The van der Waals surface area contributed by atoms with Crippen LogP contribution in [0.15, 0.2) is 54.6 Å². The Bertz CT molecular complexity index is 685. The molecule has 0 saturated heterocycles. The summed E-state index contributed by atoms with van der Waals surface area (Å²) in [6.07, 6.45) is -0.0604. The molecule has 0 saturated carbocycles. The van der Waals surface area contributed by atoms with Crippen LogP contribution >= 0.6 is 0 Å². The number of anilines is 1. The van der Waals surface area contributed by atoms with Crippen molar-refractivity contribution in [2.45, 2.75) is 25.9 Å². The zero-order chi connectivity index (χ0) is 17.4. The van der Waals surface area contributed by atoms with Crippen LogP contribution in [0.2, 0.25) is 0 Å². The van der Waals surface area contributed by atoms with Crippen LogP contribution in [0.5, 0.6) is 5.75 Å². The Kier molecular flexibility index (Phi) is 6.37. The fraction of sp³-hybridized carbons (Fsp3) is 0.263. The van der Waals surface area contributed by atoms with Gasteiger partial charge in [-0.1, -0.05) is 42.5 Å². The summed E-state index contributed by atoms with van der Waals surface area (Å²) in [7, 11) is 1.53. The normalized spacial score (nSPS) is 11.4. The zero-order valence-electron chi connectivity index (χ0n) is 13.8. The Hall–Kier alpha value is -2.82. The molecule has 2 rings (SSSR count). The Morgan fingerprint density at radius 3 is 2.42 bits per heavy atom. The number of nitrogens with one attached hydrogen (secondary N) is 1. The summed E-state index contributed by atoms with van der Waals surface area (Å²) in [6, 6.07) is 16.7. The Morgan fingerprint density at radius 1 is 1.04 bits per heavy atom. The molecule has 2 aromatic rings. The minimum absolute atomic E-state index is 0.232. The molecular formula is C19H21NO4. The molecule has 0 fully saturated rings. The van der Waals surface area contributed by atoms with Crippen molar-refractivity contribution in [1.29, 1.82) is 0 Å². The quantitative estimate of drug-likeness (QED) is 0.793. The molecule has 0 aromatic heterocycles. The molecule has 0 heterocycles. The van der Waals surface area contributed by atoms with Gasteiger partial charge in [0, 0.05) is 6.42 Å². The molecule has 0 bridgehead atoms. The van der Waals surface area contributed by atoms with Gasteiger partial charge in [0.15, 0.2) is 6.10 Å². The first kappa shape index (κ1) is 17.5.